The maximum atomic E-state index is 13.0. The summed E-state index contributed by atoms with van der Waals surface area (Å²) in [6, 6.07) is 1.54. The molecule has 2 amide bonds. The van der Waals surface area contributed by atoms with E-state index < -0.39 is 23.4 Å². The van der Waals surface area contributed by atoms with Crippen molar-refractivity contribution >= 4 is 11.8 Å². The number of carbonyl (C=O) groups excluding carboxylic acids is 2. The fourth-order valence-electron chi connectivity index (χ4n) is 1.71. The standard InChI is InChI=1S/C11H10F2N2O2/c1-14-2-3-15-10(16)6-4-8(12)9(13)5-7(6)11(15)17/h4-5,14H,2-3H2,1H3. The van der Waals surface area contributed by atoms with Crippen LogP contribution in [0.5, 0.6) is 0 Å². The van der Waals surface area contributed by atoms with Gasteiger partial charge in [0.15, 0.2) is 11.6 Å². The minimum Gasteiger partial charge on any atom is -0.318 e. The summed E-state index contributed by atoms with van der Waals surface area (Å²) in [4.78, 5) is 24.5. The molecule has 1 N–H and O–H groups in total. The smallest absolute Gasteiger partial charge is 0.261 e. The molecule has 0 spiro atoms. The van der Waals surface area contributed by atoms with Crippen molar-refractivity contribution in [3.05, 3.63) is 34.9 Å². The Hall–Kier alpha value is -1.82. The van der Waals surface area contributed by atoms with Gasteiger partial charge < -0.3 is 5.32 Å². The molecule has 0 atom stereocenters. The first-order chi connectivity index (χ1) is 8.06. The summed E-state index contributed by atoms with van der Waals surface area (Å²) >= 11 is 0. The Kier molecular flexibility index (Phi) is 2.89. The third-order valence-electron chi connectivity index (χ3n) is 2.60. The molecule has 17 heavy (non-hydrogen) atoms. The van der Waals surface area contributed by atoms with Crippen molar-refractivity contribution in [1.82, 2.24) is 10.2 Å². The molecular formula is C11H10F2N2O2. The SMILES string of the molecule is CNCCN1C(=O)c2cc(F)c(F)cc2C1=O. The summed E-state index contributed by atoms with van der Waals surface area (Å²) in [6.07, 6.45) is 0. The first-order valence-electron chi connectivity index (χ1n) is 5.06. The van der Waals surface area contributed by atoms with E-state index in [1.54, 1.807) is 7.05 Å². The topological polar surface area (TPSA) is 49.4 Å². The van der Waals surface area contributed by atoms with Crippen LogP contribution >= 0.6 is 0 Å². The quantitative estimate of drug-likeness (QED) is 0.794. The van der Waals surface area contributed by atoms with Gasteiger partial charge in [-0.25, -0.2) is 8.78 Å². The second kappa shape index (κ2) is 4.21. The minimum absolute atomic E-state index is 0.0787. The zero-order valence-corrected chi connectivity index (χ0v) is 9.09. The molecule has 1 aliphatic heterocycles. The van der Waals surface area contributed by atoms with E-state index >= 15 is 0 Å². The van der Waals surface area contributed by atoms with Gasteiger partial charge in [0.2, 0.25) is 0 Å². The second-order valence-corrected chi connectivity index (χ2v) is 3.68. The molecule has 0 aromatic heterocycles. The predicted octanol–water partition coefficient (Wildman–Crippen LogP) is 0.780. The highest BCUT2D eigenvalue weighted by Gasteiger charge is 2.36. The Morgan fingerprint density at radius 3 is 2.00 bits per heavy atom. The number of amides is 2. The molecule has 0 radical (unpaired) electrons. The zero-order chi connectivity index (χ0) is 12.6. The fourth-order valence-corrected chi connectivity index (χ4v) is 1.71. The maximum Gasteiger partial charge on any atom is 0.261 e. The van der Waals surface area contributed by atoms with Crippen molar-refractivity contribution < 1.29 is 18.4 Å². The first kappa shape index (κ1) is 11.7. The van der Waals surface area contributed by atoms with Gasteiger partial charge in [-0.3, -0.25) is 14.5 Å². The summed E-state index contributed by atoms with van der Waals surface area (Å²) in [7, 11) is 1.68. The molecule has 1 aromatic carbocycles. The van der Waals surface area contributed by atoms with Crippen LogP contribution in [0.4, 0.5) is 8.78 Å². The molecule has 90 valence electrons. The lowest BCUT2D eigenvalue weighted by Crippen LogP contribution is -2.35. The molecule has 2 rings (SSSR count). The zero-order valence-electron chi connectivity index (χ0n) is 9.09. The number of nitrogens with one attached hydrogen (secondary N) is 1. The van der Waals surface area contributed by atoms with E-state index in [0.717, 1.165) is 17.0 Å². The lowest BCUT2D eigenvalue weighted by Gasteiger charge is -2.12. The number of fused-ring (bicyclic) bond motifs is 1. The highest BCUT2D eigenvalue weighted by molar-refractivity contribution is 6.21. The summed E-state index contributed by atoms with van der Waals surface area (Å²) in [5.74, 6) is -3.42. The highest BCUT2D eigenvalue weighted by atomic mass is 19.2. The van der Waals surface area contributed by atoms with Crippen molar-refractivity contribution in [1.29, 1.82) is 0 Å². The Morgan fingerprint density at radius 2 is 1.59 bits per heavy atom. The van der Waals surface area contributed by atoms with Crippen molar-refractivity contribution in [2.45, 2.75) is 0 Å². The number of halogens is 2. The summed E-state index contributed by atoms with van der Waals surface area (Å²) in [6.45, 7) is 0.600. The van der Waals surface area contributed by atoms with Crippen molar-refractivity contribution in [3.63, 3.8) is 0 Å². The van der Waals surface area contributed by atoms with E-state index in [4.69, 9.17) is 0 Å². The molecule has 0 saturated heterocycles. The number of nitrogens with zero attached hydrogens (tertiary/aromatic N) is 1. The van der Waals surface area contributed by atoms with Crippen LogP contribution in [0, 0.1) is 11.6 Å². The molecular weight excluding hydrogens is 230 g/mol. The monoisotopic (exact) mass is 240 g/mol. The van der Waals surface area contributed by atoms with Crippen LogP contribution in [0.25, 0.3) is 0 Å². The third kappa shape index (κ3) is 1.80. The first-order valence-corrected chi connectivity index (χ1v) is 5.06. The number of hydrogen-bond donors (Lipinski definition) is 1. The second-order valence-electron chi connectivity index (χ2n) is 3.68. The third-order valence-corrected chi connectivity index (χ3v) is 2.60. The molecule has 1 aromatic rings. The van der Waals surface area contributed by atoms with E-state index in [2.05, 4.69) is 5.32 Å². The van der Waals surface area contributed by atoms with Crippen molar-refractivity contribution in [3.8, 4) is 0 Å². The predicted molar refractivity (Wildman–Crippen MR) is 55.7 cm³/mol. The molecule has 0 aliphatic carbocycles. The summed E-state index contributed by atoms with van der Waals surface area (Å²) in [5, 5.41) is 2.79. The van der Waals surface area contributed by atoms with Gasteiger partial charge in [0.25, 0.3) is 11.8 Å². The van der Waals surface area contributed by atoms with E-state index in [1.807, 2.05) is 0 Å². The lowest BCUT2D eigenvalue weighted by molar-refractivity contribution is 0.0656. The number of likely N-dealkylation sites (N-methyl/N-ethyl adjacent to an activating group) is 1. The van der Waals surface area contributed by atoms with Gasteiger partial charge in [0.05, 0.1) is 11.1 Å². The summed E-state index contributed by atoms with van der Waals surface area (Å²) in [5.41, 5.74) is -0.157. The highest BCUT2D eigenvalue weighted by Crippen LogP contribution is 2.24. The molecule has 0 fully saturated rings. The Morgan fingerprint density at radius 1 is 1.12 bits per heavy atom. The van der Waals surface area contributed by atoms with Crippen molar-refractivity contribution in [2.24, 2.45) is 0 Å². The van der Waals surface area contributed by atoms with Gasteiger partial charge in [0.1, 0.15) is 0 Å². The number of imide groups is 1. The van der Waals surface area contributed by atoms with Gasteiger partial charge in [-0.15, -0.1) is 0 Å². The fraction of sp³-hybridized carbons (Fsp3) is 0.273. The number of carbonyl (C=O) groups is 2. The average Bonchev–Trinajstić information content (AvgIpc) is 2.51. The van der Waals surface area contributed by atoms with Gasteiger partial charge >= 0.3 is 0 Å². The van der Waals surface area contributed by atoms with Crippen LogP contribution < -0.4 is 5.32 Å². The van der Waals surface area contributed by atoms with Gasteiger partial charge in [-0.2, -0.15) is 0 Å². The molecule has 0 bridgehead atoms. The molecule has 6 heteroatoms. The van der Waals surface area contributed by atoms with E-state index in [-0.39, 0.29) is 17.7 Å². The average molecular weight is 240 g/mol. The molecule has 0 unspecified atom stereocenters. The number of rotatable bonds is 3. The molecule has 1 aliphatic rings. The Balaban J connectivity index is 2.39. The van der Waals surface area contributed by atoms with Crippen LogP contribution in [0.3, 0.4) is 0 Å². The molecule has 4 nitrogen and oxygen atoms in total. The summed E-state index contributed by atoms with van der Waals surface area (Å²) < 4.78 is 26.0. The number of hydrogen-bond acceptors (Lipinski definition) is 3. The van der Waals surface area contributed by atoms with Crippen molar-refractivity contribution in [2.75, 3.05) is 20.1 Å². The maximum absolute atomic E-state index is 13.0. The molecule has 0 saturated carbocycles. The number of benzene rings is 1. The normalized spacial score (nSPS) is 14.4. The van der Waals surface area contributed by atoms with E-state index in [9.17, 15) is 18.4 Å². The van der Waals surface area contributed by atoms with E-state index in [0.29, 0.717) is 6.54 Å². The Bertz CT molecular complexity index is 461. The minimum atomic E-state index is -1.12. The molecule has 1 heterocycles. The lowest BCUT2D eigenvalue weighted by atomic mass is 10.1. The van der Waals surface area contributed by atoms with Crippen LogP contribution in [0.1, 0.15) is 20.7 Å². The van der Waals surface area contributed by atoms with Gasteiger partial charge in [-0.1, -0.05) is 0 Å². The van der Waals surface area contributed by atoms with Crippen LogP contribution in [-0.4, -0.2) is 36.9 Å². The van der Waals surface area contributed by atoms with Crippen LogP contribution in [-0.2, 0) is 0 Å². The van der Waals surface area contributed by atoms with Crippen LogP contribution in [0.2, 0.25) is 0 Å². The van der Waals surface area contributed by atoms with Gasteiger partial charge in [0, 0.05) is 13.1 Å². The van der Waals surface area contributed by atoms with Crippen LogP contribution in [0.15, 0.2) is 12.1 Å². The van der Waals surface area contributed by atoms with Gasteiger partial charge in [-0.05, 0) is 19.2 Å². The Labute approximate surface area is 96.2 Å². The largest absolute Gasteiger partial charge is 0.318 e. The van der Waals surface area contributed by atoms with E-state index in [1.165, 1.54) is 0 Å².